The van der Waals surface area contributed by atoms with Crippen molar-refractivity contribution >= 4 is 11.0 Å². The van der Waals surface area contributed by atoms with Gasteiger partial charge >= 0.3 is 0 Å². The molecule has 5 nitrogen and oxygen atoms in total. The number of para-hydroxylation sites is 2. The Hall–Kier alpha value is -2.17. The van der Waals surface area contributed by atoms with Crippen molar-refractivity contribution in [3.63, 3.8) is 0 Å². The number of aryl methyl sites for hydroxylation is 2. The van der Waals surface area contributed by atoms with Gasteiger partial charge < -0.3 is 4.57 Å². The van der Waals surface area contributed by atoms with Crippen LogP contribution in [0.4, 0.5) is 0 Å². The van der Waals surface area contributed by atoms with E-state index in [4.69, 9.17) is 0 Å². The van der Waals surface area contributed by atoms with Gasteiger partial charge in [0.25, 0.3) is 0 Å². The smallest absolute Gasteiger partial charge is 0.146 e. The fourth-order valence-corrected chi connectivity index (χ4v) is 2.00. The van der Waals surface area contributed by atoms with Crippen LogP contribution in [0.1, 0.15) is 11.6 Å². The van der Waals surface area contributed by atoms with E-state index in [1.54, 1.807) is 11.0 Å². The summed E-state index contributed by atoms with van der Waals surface area (Å²) in [5.74, 6) is 1.92. The fraction of sp³-hybridized carbons (Fsp3) is 0.250. The Morgan fingerprint density at radius 3 is 2.82 bits per heavy atom. The molecule has 0 saturated heterocycles. The Bertz CT molecular complexity index is 664. The average molecular weight is 227 g/mol. The Morgan fingerprint density at radius 1 is 1.24 bits per heavy atom. The molecule has 1 aromatic carbocycles. The molecule has 0 aliphatic rings. The second-order valence-corrected chi connectivity index (χ2v) is 4.03. The van der Waals surface area contributed by atoms with E-state index in [0.717, 1.165) is 22.7 Å². The molecule has 0 fully saturated rings. The highest BCUT2D eigenvalue weighted by Gasteiger charge is 2.09. The Morgan fingerprint density at radius 2 is 2.06 bits per heavy atom. The molecule has 0 unspecified atom stereocenters. The SMILES string of the molecule is Cc1nc2ccccc2n1Cc1ncnn1C. The van der Waals surface area contributed by atoms with E-state index in [0.29, 0.717) is 6.54 Å². The zero-order valence-corrected chi connectivity index (χ0v) is 9.83. The molecule has 0 aliphatic carbocycles. The summed E-state index contributed by atoms with van der Waals surface area (Å²) >= 11 is 0. The minimum Gasteiger partial charge on any atom is -0.320 e. The standard InChI is InChI=1S/C12H13N5/c1-9-15-10-5-3-4-6-11(10)17(9)7-12-13-8-14-16(12)2/h3-6,8H,7H2,1-2H3. The first-order valence-electron chi connectivity index (χ1n) is 5.50. The van der Waals surface area contributed by atoms with Crippen LogP contribution in [-0.4, -0.2) is 24.3 Å². The first kappa shape index (κ1) is 10.0. The van der Waals surface area contributed by atoms with E-state index >= 15 is 0 Å². The average Bonchev–Trinajstić information content (AvgIpc) is 2.85. The number of aromatic nitrogens is 5. The van der Waals surface area contributed by atoms with Crippen LogP contribution in [0.25, 0.3) is 11.0 Å². The molecule has 0 atom stereocenters. The minimum absolute atomic E-state index is 0.697. The maximum atomic E-state index is 4.53. The summed E-state index contributed by atoms with van der Waals surface area (Å²) in [6.45, 7) is 2.71. The summed E-state index contributed by atoms with van der Waals surface area (Å²) in [6, 6.07) is 8.12. The molecule has 0 aliphatic heterocycles. The van der Waals surface area contributed by atoms with E-state index in [1.165, 1.54) is 0 Å². The van der Waals surface area contributed by atoms with Crippen molar-refractivity contribution in [1.29, 1.82) is 0 Å². The van der Waals surface area contributed by atoms with E-state index in [-0.39, 0.29) is 0 Å². The summed E-state index contributed by atoms with van der Waals surface area (Å²) in [6.07, 6.45) is 1.57. The van der Waals surface area contributed by atoms with Crippen molar-refractivity contribution in [2.75, 3.05) is 0 Å². The van der Waals surface area contributed by atoms with Gasteiger partial charge in [0.05, 0.1) is 17.6 Å². The van der Waals surface area contributed by atoms with E-state index in [2.05, 4.69) is 25.7 Å². The number of rotatable bonds is 2. The third-order valence-corrected chi connectivity index (χ3v) is 2.95. The predicted molar refractivity (Wildman–Crippen MR) is 64.6 cm³/mol. The van der Waals surface area contributed by atoms with Crippen LogP contribution < -0.4 is 0 Å². The Labute approximate surface area is 98.7 Å². The molecule has 0 N–H and O–H groups in total. The normalized spacial score (nSPS) is 11.2. The van der Waals surface area contributed by atoms with Crippen LogP contribution in [-0.2, 0) is 13.6 Å². The molecule has 17 heavy (non-hydrogen) atoms. The van der Waals surface area contributed by atoms with Gasteiger partial charge in [-0.25, -0.2) is 9.97 Å². The number of hydrogen-bond donors (Lipinski definition) is 0. The van der Waals surface area contributed by atoms with Crippen LogP contribution in [0, 0.1) is 6.92 Å². The van der Waals surface area contributed by atoms with Crippen LogP contribution in [0.3, 0.4) is 0 Å². The minimum atomic E-state index is 0.697. The Kier molecular flexibility index (Phi) is 2.18. The molecule has 0 radical (unpaired) electrons. The van der Waals surface area contributed by atoms with Crippen LogP contribution in [0.2, 0.25) is 0 Å². The number of imidazole rings is 1. The second-order valence-electron chi connectivity index (χ2n) is 4.03. The first-order chi connectivity index (χ1) is 8.25. The molecule has 3 rings (SSSR count). The highest BCUT2D eigenvalue weighted by atomic mass is 15.3. The third kappa shape index (κ3) is 1.60. The highest BCUT2D eigenvalue weighted by Crippen LogP contribution is 2.16. The molecule has 0 amide bonds. The van der Waals surface area contributed by atoms with Gasteiger partial charge in [-0.3, -0.25) is 4.68 Å². The van der Waals surface area contributed by atoms with E-state index < -0.39 is 0 Å². The molecule has 3 aromatic rings. The van der Waals surface area contributed by atoms with Gasteiger partial charge in [-0.15, -0.1) is 0 Å². The molecule has 5 heteroatoms. The molecule has 0 bridgehead atoms. The van der Waals surface area contributed by atoms with Gasteiger partial charge in [-0.05, 0) is 19.1 Å². The van der Waals surface area contributed by atoms with Crippen LogP contribution in [0.5, 0.6) is 0 Å². The quantitative estimate of drug-likeness (QED) is 0.667. The van der Waals surface area contributed by atoms with Gasteiger partial charge in [0.15, 0.2) is 0 Å². The summed E-state index contributed by atoms with van der Waals surface area (Å²) in [4.78, 5) is 8.77. The molecule has 2 heterocycles. The van der Waals surface area contributed by atoms with Crippen molar-refractivity contribution < 1.29 is 0 Å². The summed E-state index contributed by atoms with van der Waals surface area (Å²) in [5.41, 5.74) is 2.15. The number of benzene rings is 1. The Balaban J connectivity index is 2.11. The largest absolute Gasteiger partial charge is 0.320 e. The highest BCUT2D eigenvalue weighted by molar-refractivity contribution is 5.75. The summed E-state index contributed by atoms with van der Waals surface area (Å²) in [5, 5.41) is 4.08. The lowest BCUT2D eigenvalue weighted by atomic mass is 10.3. The lowest BCUT2D eigenvalue weighted by molar-refractivity contribution is 0.652. The number of fused-ring (bicyclic) bond motifs is 1. The molecular formula is C12H13N5. The van der Waals surface area contributed by atoms with Gasteiger partial charge in [-0.2, -0.15) is 5.10 Å². The van der Waals surface area contributed by atoms with Gasteiger partial charge in [0.1, 0.15) is 18.0 Å². The zero-order valence-electron chi connectivity index (χ0n) is 9.83. The monoisotopic (exact) mass is 227 g/mol. The lowest BCUT2D eigenvalue weighted by Crippen LogP contribution is -2.08. The molecule has 2 aromatic heterocycles. The number of hydrogen-bond acceptors (Lipinski definition) is 3. The van der Waals surface area contributed by atoms with E-state index in [1.807, 2.05) is 32.2 Å². The molecule has 86 valence electrons. The van der Waals surface area contributed by atoms with Gasteiger partial charge in [0, 0.05) is 7.05 Å². The predicted octanol–water partition coefficient (Wildman–Crippen LogP) is 1.52. The van der Waals surface area contributed by atoms with Crippen molar-refractivity contribution in [1.82, 2.24) is 24.3 Å². The maximum Gasteiger partial charge on any atom is 0.146 e. The van der Waals surface area contributed by atoms with Crippen molar-refractivity contribution in [2.45, 2.75) is 13.5 Å². The van der Waals surface area contributed by atoms with Gasteiger partial charge in [0.2, 0.25) is 0 Å². The zero-order chi connectivity index (χ0) is 11.8. The van der Waals surface area contributed by atoms with Crippen LogP contribution >= 0.6 is 0 Å². The van der Waals surface area contributed by atoms with Crippen molar-refractivity contribution in [3.8, 4) is 0 Å². The van der Waals surface area contributed by atoms with Crippen LogP contribution in [0.15, 0.2) is 30.6 Å². The topological polar surface area (TPSA) is 48.5 Å². The van der Waals surface area contributed by atoms with Gasteiger partial charge in [-0.1, -0.05) is 12.1 Å². The molecule has 0 spiro atoms. The summed E-state index contributed by atoms with van der Waals surface area (Å²) < 4.78 is 3.94. The summed E-state index contributed by atoms with van der Waals surface area (Å²) in [7, 11) is 1.90. The van der Waals surface area contributed by atoms with E-state index in [9.17, 15) is 0 Å². The lowest BCUT2D eigenvalue weighted by Gasteiger charge is -2.05. The molecule has 0 saturated carbocycles. The molecular weight excluding hydrogens is 214 g/mol. The fourth-order valence-electron chi connectivity index (χ4n) is 2.00. The van der Waals surface area contributed by atoms with Crippen molar-refractivity contribution in [3.05, 3.63) is 42.2 Å². The third-order valence-electron chi connectivity index (χ3n) is 2.95. The van der Waals surface area contributed by atoms with Crippen molar-refractivity contribution in [2.24, 2.45) is 7.05 Å². The number of nitrogens with zero attached hydrogens (tertiary/aromatic N) is 5. The second kappa shape index (κ2) is 3.69. The maximum absolute atomic E-state index is 4.53. The first-order valence-corrected chi connectivity index (χ1v) is 5.50.